The van der Waals surface area contributed by atoms with Gasteiger partial charge in [-0.05, 0) is 12.6 Å². The Labute approximate surface area is 81.2 Å². The van der Waals surface area contributed by atoms with Gasteiger partial charge in [0, 0.05) is 33.9 Å². The lowest BCUT2D eigenvalue weighted by molar-refractivity contribution is 0.123. The van der Waals surface area contributed by atoms with Crippen LogP contribution in [0.25, 0.3) is 0 Å². The molecule has 0 rings (SSSR count). The minimum atomic E-state index is -2.34. The third kappa shape index (κ3) is 4.42. The molecule has 78 valence electrons. The van der Waals surface area contributed by atoms with Crippen LogP contribution in [0.15, 0.2) is 12.8 Å². The summed E-state index contributed by atoms with van der Waals surface area (Å²) in [6.45, 7) is 4.43. The molecule has 0 amide bonds. The van der Waals surface area contributed by atoms with Gasteiger partial charge in [-0.3, -0.25) is 0 Å². The molecule has 0 aromatic carbocycles. The molecular formula is C8H19NO3Si. The predicted molar refractivity (Wildman–Crippen MR) is 54.4 cm³/mol. The Kier molecular flexibility index (Phi) is 6.88. The monoisotopic (exact) mass is 205 g/mol. The van der Waals surface area contributed by atoms with Crippen LogP contribution in [0, 0.1) is 0 Å². The van der Waals surface area contributed by atoms with Crippen LogP contribution in [0.2, 0.25) is 6.04 Å². The molecule has 0 atom stereocenters. The van der Waals surface area contributed by atoms with Gasteiger partial charge in [-0.2, -0.15) is 0 Å². The quantitative estimate of drug-likeness (QED) is 0.474. The van der Waals surface area contributed by atoms with Crippen molar-refractivity contribution in [1.82, 2.24) is 5.32 Å². The molecule has 0 saturated carbocycles. The van der Waals surface area contributed by atoms with E-state index in [4.69, 9.17) is 13.3 Å². The van der Waals surface area contributed by atoms with E-state index in [1.165, 1.54) is 0 Å². The molecule has 0 bridgehead atoms. The largest absolute Gasteiger partial charge is 0.500 e. The first-order valence-electron chi connectivity index (χ1n) is 4.24. The zero-order valence-electron chi connectivity index (χ0n) is 8.63. The minimum Gasteiger partial charge on any atom is -0.391 e. The first kappa shape index (κ1) is 12.6. The highest BCUT2D eigenvalue weighted by atomic mass is 28.4. The summed E-state index contributed by atoms with van der Waals surface area (Å²) in [4.78, 5) is 0. The van der Waals surface area contributed by atoms with Gasteiger partial charge in [0.1, 0.15) is 0 Å². The molecule has 0 aliphatic carbocycles. The summed E-state index contributed by atoms with van der Waals surface area (Å²) < 4.78 is 15.8. The maximum Gasteiger partial charge on any atom is 0.500 e. The number of hydrogen-bond donors (Lipinski definition) is 1. The zero-order valence-corrected chi connectivity index (χ0v) is 9.63. The Morgan fingerprint density at radius 3 is 2.15 bits per heavy atom. The fraction of sp³-hybridized carbons (Fsp3) is 0.750. The molecule has 0 unspecified atom stereocenters. The van der Waals surface area contributed by atoms with Gasteiger partial charge in [-0.1, -0.05) is 6.58 Å². The second-order valence-corrected chi connectivity index (χ2v) is 5.65. The van der Waals surface area contributed by atoms with Gasteiger partial charge < -0.3 is 18.6 Å². The minimum absolute atomic E-state index is 0.817. The molecule has 0 aromatic heterocycles. The molecule has 1 N–H and O–H groups in total. The number of hydrogen-bond acceptors (Lipinski definition) is 4. The van der Waals surface area contributed by atoms with Crippen molar-refractivity contribution < 1.29 is 13.3 Å². The van der Waals surface area contributed by atoms with E-state index in [2.05, 4.69) is 11.9 Å². The van der Waals surface area contributed by atoms with E-state index < -0.39 is 8.80 Å². The molecule has 0 radical (unpaired) electrons. The second-order valence-electron chi connectivity index (χ2n) is 2.56. The normalized spacial score (nSPS) is 11.3. The van der Waals surface area contributed by atoms with Crippen LogP contribution in [0.5, 0.6) is 0 Å². The van der Waals surface area contributed by atoms with Gasteiger partial charge in [0.2, 0.25) is 0 Å². The average Bonchev–Trinajstić information content (AvgIpc) is 2.20. The van der Waals surface area contributed by atoms with Gasteiger partial charge in [0.05, 0.1) is 0 Å². The summed E-state index contributed by atoms with van der Waals surface area (Å²) in [5.41, 5.74) is 0. The van der Waals surface area contributed by atoms with E-state index >= 15 is 0 Å². The molecule has 0 aliphatic heterocycles. The summed E-state index contributed by atoms with van der Waals surface area (Å²) in [5, 5.41) is 3.01. The van der Waals surface area contributed by atoms with E-state index in [0.717, 1.165) is 19.0 Å². The van der Waals surface area contributed by atoms with Crippen molar-refractivity contribution in [3.8, 4) is 0 Å². The van der Waals surface area contributed by atoms with E-state index in [0.29, 0.717) is 0 Å². The zero-order chi connectivity index (χ0) is 10.2. The topological polar surface area (TPSA) is 39.7 Å². The van der Waals surface area contributed by atoms with Crippen LogP contribution in [-0.2, 0) is 13.3 Å². The van der Waals surface area contributed by atoms with Crippen molar-refractivity contribution in [2.45, 2.75) is 12.5 Å². The predicted octanol–water partition coefficient (Wildman–Crippen LogP) is 0.988. The summed E-state index contributed by atoms with van der Waals surface area (Å²) in [5.74, 6) is 0. The first-order valence-corrected chi connectivity index (χ1v) is 6.17. The van der Waals surface area contributed by atoms with Gasteiger partial charge in [-0.25, -0.2) is 0 Å². The molecule has 4 nitrogen and oxygen atoms in total. The van der Waals surface area contributed by atoms with E-state index in [9.17, 15) is 0 Å². The Balaban J connectivity index is 3.74. The Hall–Kier alpha value is -0.363. The van der Waals surface area contributed by atoms with Crippen LogP contribution in [0.3, 0.4) is 0 Å². The SMILES string of the molecule is C=CNCCC[Si](OC)(OC)OC. The second kappa shape index (κ2) is 7.08. The summed E-state index contributed by atoms with van der Waals surface area (Å²) in [7, 11) is 2.53. The lowest BCUT2D eigenvalue weighted by Gasteiger charge is -2.24. The van der Waals surface area contributed by atoms with E-state index in [1.807, 2.05) is 0 Å². The number of rotatable bonds is 8. The molecule has 13 heavy (non-hydrogen) atoms. The third-order valence-corrected chi connectivity index (χ3v) is 4.71. The van der Waals surface area contributed by atoms with Crippen molar-refractivity contribution in [3.05, 3.63) is 12.8 Å². The van der Waals surface area contributed by atoms with Gasteiger partial charge in [0.25, 0.3) is 0 Å². The first-order chi connectivity index (χ1) is 6.24. The lowest BCUT2D eigenvalue weighted by atomic mass is 10.5. The van der Waals surface area contributed by atoms with Gasteiger partial charge in [-0.15, -0.1) is 0 Å². The van der Waals surface area contributed by atoms with E-state index in [1.54, 1.807) is 27.5 Å². The van der Waals surface area contributed by atoms with Crippen LogP contribution in [0.1, 0.15) is 6.42 Å². The fourth-order valence-corrected chi connectivity index (χ4v) is 2.79. The summed E-state index contributed by atoms with van der Waals surface area (Å²) in [6.07, 6.45) is 2.63. The van der Waals surface area contributed by atoms with Gasteiger partial charge in [0.15, 0.2) is 0 Å². The van der Waals surface area contributed by atoms with Crippen LogP contribution in [0.4, 0.5) is 0 Å². The Bertz CT molecular complexity index is 131. The Morgan fingerprint density at radius 1 is 1.23 bits per heavy atom. The molecule has 0 aliphatic rings. The molecule has 0 spiro atoms. The van der Waals surface area contributed by atoms with Crippen molar-refractivity contribution >= 4 is 8.80 Å². The molecule has 0 heterocycles. The number of nitrogens with one attached hydrogen (secondary N) is 1. The highest BCUT2D eigenvalue weighted by Gasteiger charge is 2.36. The third-order valence-electron chi connectivity index (χ3n) is 1.88. The average molecular weight is 205 g/mol. The van der Waals surface area contributed by atoms with Crippen molar-refractivity contribution in [2.24, 2.45) is 0 Å². The highest BCUT2D eigenvalue weighted by Crippen LogP contribution is 2.13. The molecule has 0 aromatic rings. The van der Waals surface area contributed by atoms with Crippen LogP contribution < -0.4 is 5.32 Å². The van der Waals surface area contributed by atoms with Crippen molar-refractivity contribution in [1.29, 1.82) is 0 Å². The Morgan fingerprint density at radius 2 is 1.77 bits per heavy atom. The van der Waals surface area contributed by atoms with E-state index in [-0.39, 0.29) is 0 Å². The highest BCUT2D eigenvalue weighted by molar-refractivity contribution is 6.60. The van der Waals surface area contributed by atoms with Gasteiger partial charge >= 0.3 is 8.80 Å². The van der Waals surface area contributed by atoms with Crippen LogP contribution in [-0.4, -0.2) is 36.7 Å². The standard InChI is InChI=1S/C8H19NO3Si/c1-5-9-7-6-8-13(10-2,11-3)12-4/h5,9H,1,6-8H2,2-4H3. The van der Waals surface area contributed by atoms with Crippen molar-refractivity contribution in [2.75, 3.05) is 27.9 Å². The molecule has 5 heteroatoms. The lowest BCUT2D eigenvalue weighted by Crippen LogP contribution is -2.43. The molecular weight excluding hydrogens is 186 g/mol. The van der Waals surface area contributed by atoms with Crippen LogP contribution >= 0.6 is 0 Å². The smallest absolute Gasteiger partial charge is 0.391 e. The maximum atomic E-state index is 5.26. The maximum absolute atomic E-state index is 5.26. The summed E-state index contributed by atoms with van der Waals surface area (Å²) in [6, 6.07) is 0.817. The fourth-order valence-electron chi connectivity index (χ4n) is 1.07. The summed E-state index contributed by atoms with van der Waals surface area (Å²) >= 11 is 0. The van der Waals surface area contributed by atoms with Crippen molar-refractivity contribution in [3.63, 3.8) is 0 Å². The molecule has 0 fully saturated rings. The molecule has 0 saturated heterocycles.